The number of carboxylic acids is 1. The normalized spacial score (nSPS) is 22.2. The molecule has 1 fully saturated rings. The van der Waals surface area contributed by atoms with Crippen LogP contribution in [0.4, 0.5) is 13.2 Å². The van der Waals surface area contributed by atoms with E-state index >= 15 is 0 Å². The van der Waals surface area contributed by atoms with E-state index in [1.165, 1.54) is 0 Å². The monoisotopic (exact) mass is 470 g/mol. The fourth-order valence-corrected chi connectivity index (χ4v) is 4.83. The number of pyridine rings is 1. The number of imidazole rings is 1. The van der Waals surface area contributed by atoms with Gasteiger partial charge in [0.05, 0.1) is 34.1 Å². The molecule has 3 aromatic heterocycles. The van der Waals surface area contributed by atoms with Crippen molar-refractivity contribution >= 4 is 38.6 Å². The first kappa shape index (κ1) is 23.9. The van der Waals surface area contributed by atoms with Gasteiger partial charge in [0.1, 0.15) is 17.4 Å². The van der Waals surface area contributed by atoms with Gasteiger partial charge < -0.3 is 19.9 Å². The van der Waals surface area contributed by atoms with E-state index in [1.54, 1.807) is 24.5 Å². The highest BCUT2D eigenvalue weighted by molar-refractivity contribution is 7.18. The highest BCUT2D eigenvalue weighted by atomic mass is 32.1. The average Bonchev–Trinajstić information content (AvgIpc) is 3.33. The SMILES string of the molecule is C[C@@H](O)c1nc2cnc3ccsc3c2n1[C@@H]1CC[C@@H](CC#N)[C@H](O)C1.O=C(O)C(F)(F)F. The van der Waals surface area contributed by atoms with E-state index in [2.05, 4.69) is 20.6 Å². The van der Waals surface area contributed by atoms with Gasteiger partial charge in [-0.25, -0.2) is 9.78 Å². The third kappa shape index (κ3) is 4.85. The molecular weight excluding hydrogens is 449 g/mol. The van der Waals surface area contributed by atoms with Gasteiger partial charge in [-0.15, -0.1) is 11.3 Å². The second-order valence-corrected chi connectivity index (χ2v) is 8.52. The number of aliphatic hydroxyl groups excluding tert-OH is 2. The van der Waals surface area contributed by atoms with Gasteiger partial charge in [-0.2, -0.15) is 18.4 Å². The lowest BCUT2D eigenvalue weighted by atomic mass is 9.81. The van der Waals surface area contributed by atoms with Crippen molar-refractivity contribution in [3.8, 4) is 6.07 Å². The Bertz CT molecular complexity index is 1150. The maximum absolute atomic E-state index is 10.6. The molecule has 0 aromatic carbocycles. The molecule has 0 amide bonds. The van der Waals surface area contributed by atoms with Gasteiger partial charge in [-0.3, -0.25) is 4.98 Å². The Hall–Kier alpha value is -2.75. The first-order chi connectivity index (χ1) is 15.0. The fourth-order valence-electron chi connectivity index (χ4n) is 3.94. The van der Waals surface area contributed by atoms with Crippen molar-refractivity contribution in [3.05, 3.63) is 23.5 Å². The van der Waals surface area contributed by atoms with Crippen LogP contribution in [0, 0.1) is 17.2 Å². The van der Waals surface area contributed by atoms with Crippen LogP contribution in [-0.2, 0) is 4.79 Å². The number of carboxylic acid groups (broad SMARTS) is 1. The molecule has 4 rings (SSSR count). The zero-order valence-electron chi connectivity index (χ0n) is 17.0. The van der Waals surface area contributed by atoms with Crippen LogP contribution in [0.3, 0.4) is 0 Å². The quantitative estimate of drug-likeness (QED) is 0.528. The third-order valence-corrected chi connectivity index (χ3v) is 6.32. The number of aliphatic hydroxyl groups is 2. The van der Waals surface area contributed by atoms with Gasteiger partial charge in [0, 0.05) is 12.5 Å². The number of aromatic nitrogens is 3. The number of carbonyl (C=O) groups is 1. The molecule has 1 saturated carbocycles. The Kier molecular flexibility index (Phi) is 7.02. The number of hydrogen-bond donors (Lipinski definition) is 3. The number of fused-ring (bicyclic) bond motifs is 3. The minimum absolute atomic E-state index is 0.0365. The number of nitriles is 1. The molecular formula is C20H21F3N4O4S. The summed E-state index contributed by atoms with van der Waals surface area (Å²) in [4.78, 5) is 18.0. The molecule has 172 valence electrons. The molecule has 3 aromatic rings. The second kappa shape index (κ2) is 9.40. The summed E-state index contributed by atoms with van der Waals surface area (Å²) >= 11 is 1.62. The van der Waals surface area contributed by atoms with E-state index < -0.39 is 24.4 Å². The van der Waals surface area contributed by atoms with Gasteiger partial charge in [0.15, 0.2) is 0 Å². The molecule has 3 N–H and O–H groups in total. The van der Waals surface area contributed by atoms with E-state index in [1.807, 2.05) is 11.4 Å². The van der Waals surface area contributed by atoms with Crippen LogP contribution in [-0.4, -0.2) is 48.1 Å². The smallest absolute Gasteiger partial charge is 0.475 e. The molecule has 3 heterocycles. The van der Waals surface area contributed by atoms with Crippen LogP contribution in [0.15, 0.2) is 17.6 Å². The molecule has 0 aliphatic heterocycles. The van der Waals surface area contributed by atoms with Gasteiger partial charge >= 0.3 is 12.1 Å². The van der Waals surface area contributed by atoms with E-state index in [0.717, 1.165) is 34.1 Å². The summed E-state index contributed by atoms with van der Waals surface area (Å²) in [7, 11) is 0. The molecule has 1 aliphatic carbocycles. The summed E-state index contributed by atoms with van der Waals surface area (Å²) < 4.78 is 34.9. The maximum atomic E-state index is 10.6. The molecule has 0 bridgehead atoms. The largest absolute Gasteiger partial charge is 0.490 e. The zero-order valence-corrected chi connectivity index (χ0v) is 17.8. The van der Waals surface area contributed by atoms with E-state index in [9.17, 15) is 23.4 Å². The van der Waals surface area contributed by atoms with Crippen LogP contribution < -0.4 is 0 Å². The van der Waals surface area contributed by atoms with Gasteiger partial charge in [0.25, 0.3) is 0 Å². The molecule has 32 heavy (non-hydrogen) atoms. The van der Waals surface area contributed by atoms with E-state index in [4.69, 9.17) is 15.2 Å². The number of hydrogen-bond acceptors (Lipinski definition) is 7. The van der Waals surface area contributed by atoms with E-state index in [-0.39, 0.29) is 12.0 Å². The summed E-state index contributed by atoms with van der Waals surface area (Å²) in [5.41, 5.74) is 2.70. The van der Waals surface area contributed by atoms with Crippen molar-refractivity contribution in [2.75, 3.05) is 0 Å². The number of aliphatic carboxylic acids is 1. The van der Waals surface area contributed by atoms with Crippen LogP contribution in [0.1, 0.15) is 50.6 Å². The summed E-state index contributed by atoms with van der Waals surface area (Å²) in [6.07, 6.45) is -1.89. The standard InChI is InChI=1S/C18H20N4O2S.C2HF3O2/c1-10(23)18-21-14-9-20-13-5-7-25-17(13)16(14)22(18)12-3-2-11(4-6-19)15(24)8-12;3-2(4,5)1(6)7/h5,7,9-12,15,23-24H,2-4,8H2,1H3;(H,6,7)/t10-,11+,12-,15-;/m1./s1. The van der Waals surface area contributed by atoms with Gasteiger partial charge in [-0.1, -0.05) is 0 Å². The summed E-state index contributed by atoms with van der Waals surface area (Å²) in [6, 6.07) is 4.22. The van der Waals surface area contributed by atoms with Crippen molar-refractivity contribution in [2.45, 2.75) is 57.0 Å². The molecule has 0 saturated heterocycles. The third-order valence-electron chi connectivity index (χ3n) is 5.41. The van der Waals surface area contributed by atoms with Crippen LogP contribution in [0.5, 0.6) is 0 Å². The van der Waals surface area contributed by atoms with Crippen molar-refractivity contribution in [3.63, 3.8) is 0 Å². The van der Waals surface area contributed by atoms with E-state index in [0.29, 0.717) is 18.7 Å². The lowest BCUT2D eigenvalue weighted by molar-refractivity contribution is -0.192. The highest BCUT2D eigenvalue weighted by Crippen LogP contribution is 2.40. The minimum atomic E-state index is -5.08. The first-order valence-electron chi connectivity index (χ1n) is 9.81. The summed E-state index contributed by atoms with van der Waals surface area (Å²) in [5, 5.41) is 38.8. The second-order valence-electron chi connectivity index (χ2n) is 7.60. The van der Waals surface area contributed by atoms with Crippen LogP contribution in [0.2, 0.25) is 0 Å². The number of thiophene rings is 1. The summed E-state index contributed by atoms with van der Waals surface area (Å²) in [5.74, 6) is -2.10. The van der Waals surface area contributed by atoms with Gasteiger partial charge in [0.2, 0.25) is 0 Å². The van der Waals surface area contributed by atoms with Crippen molar-refractivity contribution < 1.29 is 33.3 Å². The average molecular weight is 470 g/mol. The zero-order chi connectivity index (χ0) is 23.6. The van der Waals surface area contributed by atoms with Crippen LogP contribution >= 0.6 is 11.3 Å². The Labute approximate surface area is 184 Å². The molecule has 0 radical (unpaired) electrons. The molecule has 1 aliphatic rings. The number of alkyl halides is 3. The predicted molar refractivity (Wildman–Crippen MR) is 110 cm³/mol. The number of rotatable bonds is 3. The summed E-state index contributed by atoms with van der Waals surface area (Å²) in [6.45, 7) is 1.72. The Morgan fingerprint density at radius 1 is 1.41 bits per heavy atom. The molecule has 0 spiro atoms. The predicted octanol–water partition coefficient (Wildman–Crippen LogP) is 3.95. The number of nitrogens with zero attached hydrogens (tertiary/aromatic N) is 4. The first-order valence-corrected chi connectivity index (χ1v) is 10.7. The molecule has 12 heteroatoms. The van der Waals surface area contributed by atoms with Gasteiger partial charge in [-0.05, 0) is 43.6 Å². The van der Waals surface area contributed by atoms with Crippen molar-refractivity contribution in [1.82, 2.24) is 14.5 Å². The Balaban J connectivity index is 0.000000360. The lowest BCUT2D eigenvalue weighted by Crippen LogP contribution is -2.31. The molecule has 0 unspecified atom stereocenters. The Morgan fingerprint density at radius 2 is 2.09 bits per heavy atom. The lowest BCUT2D eigenvalue weighted by Gasteiger charge is -2.34. The fraction of sp³-hybridized carbons (Fsp3) is 0.500. The maximum Gasteiger partial charge on any atom is 0.490 e. The topological polar surface area (TPSA) is 132 Å². The van der Waals surface area contributed by atoms with Crippen LogP contribution in [0.25, 0.3) is 21.3 Å². The van der Waals surface area contributed by atoms with Crippen molar-refractivity contribution in [1.29, 1.82) is 5.26 Å². The van der Waals surface area contributed by atoms with Crippen molar-refractivity contribution in [2.24, 2.45) is 5.92 Å². The minimum Gasteiger partial charge on any atom is -0.475 e. The molecule has 4 atom stereocenters. The number of halogens is 3. The Morgan fingerprint density at radius 3 is 2.66 bits per heavy atom. The molecule has 8 nitrogen and oxygen atoms in total. The highest BCUT2D eigenvalue weighted by Gasteiger charge is 2.38.